The number of nitrogens with zero attached hydrogens (tertiary/aromatic N) is 4. The third-order valence-electron chi connectivity index (χ3n) is 4.89. The number of alkyl halides is 1. The van der Waals surface area contributed by atoms with Gasteiger partial charge in [-0.15, -0.1) is 11.3 Å². The smallest absolute Gasteiger partial charge is 0.247 e. The van der Waals surface area contributed by atoms with E-state index in [1.165, 1.54) is 23.1 Å². The fourth-order valence-electron chi connectivity index (χ4n) is 3.28. The lowest BCUT2D eigenvalue weighted by Crippen LogP contribution is -2.48. The maximum atomic E-state index is 14.8. The largest absolute Gasteiger partial charge is 0.326 e. The normalized spacial score (nSPS) is 20.8. The highest BCUT2D eigenvalue weighted by Crippen LogP contribution is 2.30. The van der Waals surface area contributed by atoms with Crippen molar-refractivity contribution in [2.75, 3.05) is 18.4 Å². The molecule has 1 aliphatic rings. The predicted molar refractivity (Wildman–Crippen MR) is 108 cm³/mol. The first kappa shape index (κ1) is 20.2. The van der Waals surface area contributed by atoms with Crippen LogP contribution in [0.2, 0.25) is 5.15 Å². The number of carbonyl (C=O) groups excluding carboxylic acids is 1. The zero-order valence-corrected chi connectivity index (χ0v) is 17.6. The second-order valence-corrected chi connectivity index (χ2v) is 9.87. The Labute approximate surface area is 175 Å². The molecule has 0 spiro atoms. The summed E-state index contributed by atoms with van der Waals surface area (Å²) >= 11 is 7.47. The van der Waals surface area contributed by atoms with Gasteiger partial charge in [-0.3, -0.25) is 9.48 Å². The predicted octanol–water partition coefficient (Wildman–Crippen LogP) is 2.67. The second kappa shape index (κ2) is 7.63. The van der Waals surface area contributed by atoms with Crippen molar-refractivity contribution < 1.29 is 17.6 Å². The third-order valence-corrected chi connectivity index (χ3v) is 8.13. The number of thiazole rings is 1. The molecule has 3 heterocycles. The van der Waals surface area contributed by atoms with Gasteiger partial charge in [0.2, 0.25) is 15.9 Å². The van der Waals surface area contributed by atoms with E-state index in [1.807, 2.05) is 6.07 Å². The van der Waals surface area contributed by atoms with E-state index in [4.69, 9.17) is 11.6 Å². The van der Waals surface area contributed by atoms with Gasteiger partial charge in [0.1, 0.15) is 16.2 Å². The lowest BCUT2D eigenvalue weighted by molar-refractivity contribution is -0.123. The van der Waals surface area contributed by atoms with Gasteiger partial charge in [0.25, 0.3) is 0 Å². The van der Waals surface area contributed by atoms with Gasteiger partial charge in [-0.25, -0.2) is 17.8 Å². The molecular weight excluding hydrogens is 441 g/mol. The number of piperidine rings is 1. The number of rotatable bonds is 4. The van der Waals surface area contributed by atoms with Crippen LogP contribution in [0.15, 0.2) is 34.8 Å². The van der Waals surface area contributed by atoms with Crippen LogP contribution in [0.25, 0.3) is 10.2 Å². The molecule has 1 saturated heterocycles. The van der Waals surface area contributed by atoms with Gasteiger partial charge in [-0.1, -0.05) is 11.6 Å². The molecule has 1 aliphatic heterocycles. The molecule has 4 rings (SSSR count). The lowest BCUT2D eigenvalue weighted by atomic mass is 9.95. The lowest BCUT2D eigenvalue weighted by Gasteiger charge is -2.33. The summed E-state index contributed by atoms with van der Waals surface area (Å²) in [7, 11) is -2.48. The van der Waals surface area contributed by atoms with E-state index in [-0.39, 0.29) is 23.0 Å². The topological polar surface area (TPSA) is 97.2 Å². The number of carbonyl (C=O) groups is 1. The van der Waals surface area contributed by atoms with Crippen LogP contribution in [0.3, 0.4) is 0 Å². The Bertz CT molecular complexity index is 1180. The van der Waals surface area contributed by atoms with Crippen molar-refractivity contribution in [1.82, 2.24) is 19.1 Å². The van der Waals surface area contributed by atoms with Gasteiger partial charge in [0.15, 0.2) is 0 Å². The standard InChI is InChI=1S/C17H17ClFN5O3S2/c1-23-16(18)15(7-21-23)29(26,27)24-5-4-11(12(19)8-24)17(25)22-10-2-3-14-13(6-10)20-9-28-14/h2-3,6-7,9,11-12H,4-5,8H2,1H3,(H,22,25)/t11-,12-/m1/s1. The first-order valence-corrected chi connectivity index (χ1v) is 11.4. The highest BCUT2D eigenvalue weighted by molar-refractivity contribution is 7.89. The van der Waals surface area contributed by atoms with E-state index >= 15 is 0 Å². The van der Waals surface area contributed by atoms with Gasteiger partial charge in [0.05, 0.1) is 27.8 Å². The first-order valence-electron chi connectivity index (χ1n) is 8.73. The summed E-state index contributed by atoms with van der Waals surface area (Å²) < 4.78 is 43.5. The Morgan fingerprint density at radius 2 is 2.21 bits per heavy atom. The highest BCUT2D eigenvalue weighted by atomic mass is 35.5. The molecule has 8 nitrogen and oxygen atoms in total. The maximum Gasteiger partial charge on any atom is 0.247 e. The maximum absolute atomic E-state index is 14.8. The Morgan fingerprint density at radius 1 is 1.41 bits per heavy atom. The van der Waals surface area contributed by atoms with Crippen LogP contribution in [-0.4, -0.2) is 52.7 Å². The minimum atomic E-state index is -3.99. The summed E-state index contributed by atoms with van der Waals surface area (Å²) in [6.07, 6.45) is -0.446. The molecule has 1 amide bonds. The van der Waals surface area contributed by atoms with E-state index < -0.39 is 34.6 Å². The number of benzene rings is 1. The van der Waals surface area contributed by atoms with Crippen molar-refractivity contribution in [3.05, 3.63) is 35.1 Å². The summed E-state index contributed by atoms with van der Waals surface area (Å²) in [6.45, 7) is -0.409. The number of hydrogen-bond acceptors (Lipinski definition) is 6. The number of fused-ring (bicyclic) bond motifs is 1. The molecule has 1 N–H and O–H groups in total. The van der Waals surface area contributed by atoms with Crippen LogP contribution >= 0.6 is 22.9 Å². The Hall–Kier alpha value is -2.08. The summed E-state index contributed by atoms with van der Waals surface area (Å²) in [6, 6.07) is 5.29. The third kappa shape index (κ3) is 3.75. The molecule has 3 aromatic rings. The van der Waals surface area contributed by atoms with Crippen molar-refractivity contribution in [2.24, 2.45) is 13.0 Å². The molecule has 29 heavy (non-hydrogen) atoms. The number of hydrogen-bond donors (Lipinski definition) is 1. The average Bonchev–Trinajstić information content (AvgIpc) is 3.28. The number of halogens is 2. The average molecular weight is 458 g/mol. The van der Waals surface area contributed by atoms with Gasteiger partial charge < -0.3 is 5.32 Å². The van der Waals surface area contributed by atoms with Crippen LogP contribution in [0.1, 0.15) is 6.42 Å². The summed E-state index contributed by atoms with van der Waals surface area (Å²) in [5.74, 6) is -1.43. The van der Waals surface area contributed by atoms with E-state index in [2.05, 4.69) is 15.4 Å². The van der Waals surface area contributed by atoms with Crippen molar-refractivity contribution in [2.45, 2.75) is 17.5 Å². The fraction of sp³-hybridized carbons (Fsp3) is 0.353. The second-order valence-electron chi connectivity index (χ2n) is 6.72. The van der Waals surface area contributed by atoms with Gasteiger partial charge in [-0.2, -0.15) is 9.40 Å². The monoisotopic (exact) mass is 457 g/mol. The zero-order valence-electron chi connectivity index (χ0n) is 15.2. The molecule has 1 fully saturated rings. The Balaban J connectivity index is 1.45. The molecule has 0 radical (unpaired) electrons. The molecule has 12 heteroatoms. The van der Waals surface area contributed by atoms with Crippen LogP contribution in [0.5, 0.6) is 0 Å². The minimum Gasteiger partial charge on any atom is -0.326 e. The van der Waals surface area contributed by atoms with Crippen molar-refractivity contribution in [3.8, 4) is 0 Å². The Kier molecular flexibility index (Phi) is 5.32. The number of anilines is 1. The highest BCUT2D eigenvalue weighted by Gasteiger charge is 2.40. The van der Waals surface area contributed by atoms with Gasteiger partial charge in [-0.05, 0) is 24.6 Å². The molecule has 2 aromatic heterocycles. The fourth-order valence-corrected chi connectivity index (χ4v) is 5.81. The van der Waals surface area contributed by atoms with E-state index in [9.17, 15) is 17.6 Å². The number of nitrogens with one attached hydrogen (secondary N) is 1. The summed E-state index contributed by atoms with van der Waals surface area (Å²) in [5.41, 5.74) is 2.98. The first-order chi connectivity index (χ1) is 13.8. The number of aromatic nitrogens is 3. The number of sulfonamides is 1. The van der Waals surface area contributed by atoms with Crippen LogP contribution in [0, 0.1) is 5.92 Å². The molecule has 0 aliphatic carbocycles. The van der Waals surface area contributed by atoms with Crippen LogP contribution in [0.4, 0.5) is 10.1 Å². The molecule has 0 bridgehead atoms. The van der Waals surface area contributed by atoms with Crippen LogP contribution < -0.4 is 5.32 Å². The van der Waals surface area contributed by atoms with Crippen LogP contribution in [-0.2, 0) is 21.9 Å². The van der Waals surface area contributed by atoms with Crippen molar-refractivity contribution in [1.29, 1.82) is 0 Å². The molecular formula is C17H17ClFN5O3S2. The quantitative estimate of drug-likeness (QED) is 0.649. The van der Waals surface area contributed by atoms with Gasteiger partial charge >= 0.3 is 0 Å². The zero-order chi connectivity index (χ0) is 20.8. The van der Waals surface area contributed by atoms with Crippen molar-refractivity contribution >= 4 is 54.8 Å². The Morgan fingerprint density at radius 3 is 2.90 bits per heavy atom. The van der Waals surface area contributed by atoms with E-state index in [0.717, 1.165) is 20.7 Å². The van der Waals surface area contributed by atoms with Crippen molar-refractivity contribution in [3.63, 3.8) is 0 Å². The molecule has 154 valence electrons. The molecule has 0 unspecified atom stereocenters. The molecule has 2 atom stereocenters. The molecule has 0 saturated carbocycles. The summed E-state index contributed by atoms with van der Waals surface area (Å²) in [4.78, 5) is 16.6. The van der Waals surface area contributed by atoms with Gasteiger partial charge in [0, 0.05) is 25.8 Å². The SMILES string of the molecule is Cn1ncc(S(=O)(=O)N2CC[C@@H](C(=O)Nc3ccc4scnc4c3)[C@H](F)C2)c1Cl. The number of aryl methyl sites for hydroxylation is 1. The summed E-state index contributed by atoms with van der Waals surface area (Å²) in [5, 5.41) is 6.48. The van der Waals surface area contributed by atoms with E-state index in [0.29, 0.717) is 5.69 Å². The molecule has 1 aromatic carbocycles. The van der Waals surface area contributed by atoms with E-state index in [1.54, 1.807) is 17.6 Å². The minimum absolute atomic E-state index is 0.0111. The number of amides is 1.